The first-order valence-electron chi connectivity index (χ1n) is 7.37. The quantitative estimate of drug-likeness (QED) is 0.738. The Bertz CT molecular complexity index is 914. The average molecular weight is 326 g/mol. The number of nitrogens with zero attached hydrogens (tertiary/aromatic N) is 2. The molecular weight excluding hydrogens is 308 g/mol. The van der Waals surface area contributed by atoms with Crippen molar-refractivity contribution in [2.24, 2.45) is 0 Å². The van der Waals surface area contributed by atoms with E-state index < -0.39 is 9.84 Å². The molecule has 0 unspecified atom stereocenters. The number of aryl methyl sites for hydroxylation is 1. The highest BCUT2D eigenvalue weighted by molar-refractivity contribution is 7.90. The maximum absolute atomic E-state index is 12.6. The highest BCUT2D eigenvalue weighted by Gasteiger charge is 2.21. The fourth-order valence-electron chi connectivity index (χ4n) is 2.61. The molecule has 0 bridgehead atoms. The lowest BCUT2D eigenvalue weighted by atomic mass is 10.2. The van der Waals surface area contributed by atoms with E-state index in [1.54, 1.807) is 28.9 Å². The number of rotatable bonds is 4. The van der Waals surface area contributed by atoms with Crippen molar-refractivity contribution in [3.8, 4) is 5.69 Å². The third-order valence-electron chi connectivity index (χ3n) is 3.88. The van der Waals surface area contributed by atoms with Crippen LogP contribution in [0, 0.1) is 13.8 Å². The zero-order chi connectivity index (χ0) is 16.4. The summed E-state index contributed by atoms with van der Waals surface area (Å²) >= 11 is 0. The van der Waals surface area contributed by atoms with E-state index in [2.05, 4.69) is 5.10 Å². The van der Waals surface area contributed by atoms with Crippen molar-refractivity contribution >= 4 is 9.84 Å². The Balaban J connectivity index is 2.01. The Labute approximate surface area is 136 Å². The van der Waals surface area contributed by atoms with E-state index in [-0.39, 0.29) is 5.75 Å². The molecule has 4 nitrogen and oxygen atoms in total. The highest BCUT2D eigenvalue weighted by atomic mass is 32.2. The molecule has 0 spiro atoms. The molecule has 1 aromatic heterocycles. The molecule has 0 aliphatic heterocycles. The van der Waals surface area contributed by atoms with E-state index in [4.69, 9.17) is 0 Å². The van der Waals surface area contributed by atoms with Crippen molar-refractivity contribution in [3.63, 3.8) is 0 Å². The number of sulfone groups is 1. The molecule has 3 aromatic rings. The first-order chi connectivity index (χ1) is 11.0. The van der Waals surface area contributed by atoms with Crippen molar-refractivity contribution in [1.29, 1.82) is 0 Å². The summed E-state index contributed by atoms with van der Waals surface area (Å²) < 4.78 is 27.0. The smallest absolute Gasteiger partial charge is 0.182 e. The van der Waals surface area contributed by atoms with Crippen molar-refractivity contribution in [1.82, 2.24) is 9.78 Å². The molecule has 118 valence electrons. The Kier molecular flexibility index (Phi) is 4.05. The van der Waals surface area contributed by atoms with E-state index in [9.17, 15) is 8.42 Å². The molecule has 1 heterocycles. The Hall–Kier alpha value is -2.40. The van der Waals surface area contributed by atoms with Crippen LogP contribution in [-0.4, -0.2) is 18.2 Å². The van der Waals surface area contributed by atoms with Crippen LogP contribution in [0.2, 0.25) is 0 Å². The van der Waals surface area contributed by atoms with Gasteiger partial charge in [0.2, 0.25) is 0 Å². The number of aromatic nitrogens is 2. The van der Waals surface area contributed by atoms with Crippen molar-refractivity contribution < 1.29 is 8.42 Å². The van der Waals surface area contributed by atoms with Crippen LogP contribution >= 0.6 is 0 Å². The van der Waals surface area contributed by atoms with Crippen LogP contribution in [-0.2, 0) is 15.6 Å². The largest absolute Gasteiger partial charge is 0.238 e. The van der Waals surface area contributed by atoms with Crippen molar-refractivity contribution in [2.45, 2.75) is 24.5 Å². The summed E-state index contributed by atoms with van der Waals surface area (Å²) in [5.74, 6) is -0.0402. The molecule has 0 amide bonds. The maximum atomic E-state index is 12.6. The van der Waals surface area contributed by atoms with E-state index in [1.807, 2.05) is 50.2 Å². The van der Waals surface area contributed by atoms with Crippen LogP contribution in [0.4, 0.5) is 0 Å². The first-order valence-corrected chi connectivity index (χ1v) is 9.02. The second-order valence-electron chi connectivity index (χ2n) is 5.47. The summed E-state index contributed by atoms with van der Waals surface area (Å²) in [6, 6.07) is 18.3. The van der Waals surface area contributed by atoms with E-state index in [0.29, 0.717) is 4.90 Å². The molecule has 2 aromatic carbocycles. The zero-order valence-electron chi connectivity index (χ0n) is 13.1. The van der Waals surface area contributed by atoms with Gasteiger partial charge in [-0.3, -0.25) is 0 Å². The minimum absolute atomic E-state index is 0.0402. The van der Waals surface area contributed by atoms with Gasteiger partial charge in [-0.05, 0) is 38.1 Å². The fourth-order valence-corrected chi connectivity index (χ4v) is 4.14. The summed E-state index contributed by atoms with van der Waals surface area (Å²) in [7, 11) is -3.38. The third kappa shape index (κ3) is 3.05. The monoisotopic (exact) mass is 326 g/mol. The molecule has 0 atom stereocenters. The Morgan fingerprint density at radius 2 is 1.48 bits per heavy atom. The molecule has 0 N–H and O–H groups in total. The van der Waals surface area contributed by atoms with E-state index in [0.717, 1.165) is 22.6 Å². The van der Waals surface area contributed by atoms with Crippen LogP contribution in [0.25, 0.3) is 5.69 Å². The standard InChI is InChI=1S/C18H18N2O2S/c1-14-18(13-23(21,22)17-11-7-4-8-12-17)15(2)20(19-14)16-9-5-3-6-10-16/h3-12H,13H2,1-2H3. The third-order valence-corrected chi connectivity index (χ3v) is 5.54. The lowest BCUT2D eigenvalue weighted by Crippen LogP contribution is -2.07. The van der Waals surface area contributed by atoms with Gasteiger partial charge in [-0.25, -0.2) is 13.1 Å². The second kappa shape index (κ2) is 6.01. The number of hydrogen-bond donors (Lipinski definition) is 0. The van der Waals surface area contributed by atoms with Gasteiger partial charge in [-0.15, -0.1) is 0 Å². The number of hydrogen-bond acceptors (Lipinski definition) is 3. The SMILES string of the molecule is Cc1nn(-c2ccccc2)c(C)c1CS(=O)(=O)c1ccccc1. The predicted octanol–water partition coefficient (Wildman–Crippen LogP) is 3.46. The lowest BCUT2D eigenvalue weighted by molar-refractivity contribution is 0.595. The molecule has 0 saturated carbocycles. The van der Waals surface area contributed by atoms with Gasteiger partial charge in [0.25, 0.3) is 0 Å². The topological polar surface area (TPSA) is 52.0 Å². The average Bonchev–Trinajstić information content (AvgIpc) is 2.84. The molecule has 0 aliphatic rings. The van der Waals surface area contributed by atoms with Crippen LogP contribution in [0.5, 0.6) is 0 Å². The molecular formula is C18H18N2O2S. The molecule has 23 heavy (non-hydrogen) atoms. The van der Waals surface area contributed by atoms with Gasteiger partial charge < -0.3 is 0 Å². The van der Waals surface area contributed by atoms with Crippen molar-refractivity contribution in [3.05, 3.63) is 77.6 Å². The van der Waals surface area contributed by atoms with Gasteiger partial charge in [-0.2, -0.15) is 5.10 Å². The first kappa shape index (κ1) is 15.5. The molecule has 3 rings (SSSR count). The molecule has 0 fully saturated rings. The van der Waals surface area contributed by atoms with Crippen LogP contribution in [0.1, 0.15) is 17.0 Å². The predicted molar refractivity (Wildman–Crippen MR) is 90.4 cm³/mol. The molecule has 0 aliphatic carbocycles. The fraction of sp³-hybridized carbons (Fsp3) is 0.167. The zero-order valence-corrected chi connectivity index (χ0v) is 13.9. The molecule has 0 saturated heterocycles. The summed E-state index contributed by atoms with van der Waals surface area (Å²) in [4.78, 5) is 0.339. The summed E-state index contributed by atoms with van der Waals surface area (Å²) in [6.45, 7) is 3.76. The summed E-state index contributed by atoms with van der Waals surface area (Å²) in [5.41, 5.74) is 3.29. The van der Waals surface area contributed by atoms with Gasteiger partial charge in [0.05, 0.1) is 22.0 Å². The molecule has 0 radical (unpaired) electrons. The molecule has 5 heteroatoms. The van der Waals surface area contributed by atoms with Gasteiger partial charge in [-0.1, -0.05) is 36.4 Å². The lowest BCUT2D eigenvalue weighted by Gasteiger charge is -2.06. The minimum Gasteiger partial charge on any atom is -0.238 e. The van der Waals surface area contributed by atoms with E-state index >= 15 is 0 Å². The van der Waals surface area contributed by atoms with Gasteiger partial charge in [0.1, 0.15) is 0 Å². The second-order valence-corrected chi connectivity index (χ2v) is 7.46. The summed E-state index contributed by atoms with van der Waals surface area (Å²) in [6.07, 6.45) is 0. The number of para-hydroxylation sites is 1. The van der Waals surface area contributed by atoms with E-state index in [1.165, 1.54) is 0 Å². The van der Waals surface area contributed by atoms with Crippen LogP contribution in [0.15, 0.2) is 65.6 Å². The van der Waals surface area contributed by atoms with Crippen LogP contribution in [0.3, 0.4) is 0 Å². The summed E-state index contributed by atoms with van der Waals surface area (Å²) in [5, 5.41) is 4.51. The number of benzene rings is 2. The van der Waals surface area contributed by atoms with Crippen molar-refractivity contribution in [2.75, 3.05) is 0 Å². The van der Waals surface area contributed by atoms with Gasteiger partial charge >= 0.3 is 0 Å². The van der Waals surface area contributed by atoms with Crippen LogP contribution < -0.4 is 0 Å². The minimum atomic E-state index is -3.38. The van der Waals surface area contributed by atoms with Gasteiger partial charge in [0.15, 0.2) is 9.84 Å². The Morgan fingerprint density at radius 1 is 0.913 bits per heavy atom. The Morgan fingerprint density at radius 3 is 2.09 bits per heavy atom. The normalized spacial score (nSPS) is 11.6. The maximum Gasteiger partial charge on any atom is 0.182 e. The van der Waals surface area contributed by atoms with Gasteiger partial charge in [0, 0.05) is 11.3 Å². The highest BCUT2D eigenvalue weighted by Crippen LogP contribution is 2.23.